The van der Waals surface area contributed by atoms with E-state index in [0.717, 1.165) is 5.56 Å². The maximum Gasteiger partial charge on any atom is 0.244 e. The maximum absolute atomic E-state index is 13.2. The summed E-state index contributed by atoms with van der Waals surface area (Å²) < 4.78 is 1.39. The van der Waals surface area contributed by atoms with Crippen molar-refractivity contribution in [3.63, 3.8) is 0 Å². The highest BCUT2D eigenvalue weighted by Crippen LogP contribution is 2.24. The molecule has 3 aromatic rings. The maximum atomic E-state index is 13.2. The number of hydrogen-bond acceptors (Lipinski definition) is 7. The van der Waals surface area contributed by atoms with Gasteiger partial charge in [0.15, 0.2) is 11.6 Å². The summed E-state index contributed by atoms with van der Waals surface area (Å²) in [6, 6.07) is 11.4. The summed E-state index contributed by atoms with van der Waals surface area (Å²) in [7, 11) is 0. The molecule has 10 heteroatoms. The molecule has 2 aromatic carbocycles. The van der Waals surface area contributed by atoms with E-state index in [1.807, 2.05) is 0 Å². The van der Waals surface area contributed by atoms with E-state index >= 15 is 0 Å². The molecule has 1 N–H and O–H groups in total. The van der Waals surface area contributed by atoms with Crippen LogP contribution in [0.5, 0.6) is 0 Å². The van der Waals surface area contributed by atoms with Crippen molar-refractivity contribution in [2.75, 3.05) is 5.75 Å². The highest BCUT2D eigenvalue weighted by Gasteiger charge is 2.23. The van der Waals surface area contributed by atoms with Crippen LogP contribution in [0.1, 0.15) is 49.2 Å². The fourth-order valence-electron chi connectivity index (χ4n) is 3.25. The number of aromatic nitrogens is 4. The van der Waals surface area contributed by atoms with E-state index in [4.69, 9.17) is 11.6 Å². The summed E-state index contributed by atoms with van der Waals surface area (Å²) in [4.78, 5) is 37.5. The Bertz CT molecular complexity index is 1250. The van der Waals surface area contributed by atoms with Crippen LogP contribution in [-0.2, 0) is 16.0 Å². The van der Waals surface area contributed by atoms with Gasteiger partial charge < -0.3 is 5.32 Å². The number of thioether (sulfide) groups is 1. The van der Waals surface area contributed by atoms with Crippen molar-refractivity contribution >= 4 is 46.9 Å². The number of Topliss-reactive ketones (excluding diaryl/α,β-unsaturated/α-hetero) is 2. The quantitative estimate of drug-likeness (QED) is 0.309. The zero-order valence-corrected chi connectivity index (χ0v) is 22.1. The number of nitrogens with zero attached hydrogens (tertiary/aromatic N) is 4. The fourth-order valence-corrected chi connectivity index (χ4v) is 4.37. The van der Waals surface area contributed by atoms with E-state index in [9.17, 15) is 14.4 Å². The number of amides is 1. The lowest BCUT2D eigenvalue weighted by Crippen LogP contribution is -2.43. The first kappa shape index (κ1) is 27.3. The van der Waals surface area contributed by atoms with Gasteiger partial charge in [-0.2, -0.15) is 16.4 Å². The first-order valence-electron chi connectivity index (χ1n) is 11.3. The first-order chi connectivity index (χ1) is 17.0. The summed E-state index contributed by atoms with van der Waals surface area (Å²) >= 11 is 7.74. The van der Waals surface area contributed by atoms with Gasteiger partial charge in [-0.05, 0) is 47.2 Å². The molecule has 1 amide bonds. The van der Waals surface area contributed by atoms with Gasteiger partial charge in [0.1, 0.15) is 6.33 Å². The SMILES string of the molecule is CC(=O)c1ccc(CC(=O)[C@H](CSC(C)(C)C)NC(=O)/C=C/c2cc(Cl)ccc2-n2cnnn2)cc1. The molecule has 0 saturated heterocycles. The molecule has 0 unspecified atom stereocenters. The second kappa shape index (κ2) is 12.1. The predicted octanol–water partition coefficient (Wildman–Crippen LogP) is 4.36. The molecule has 3 rings (SSSR count). The Hall–Kier alpha value is -3.30. The molecule has 0 fully saturated rings. The van der Waals surface area contributed by atoms with E-state index in [1.54, 1.807) is 60.3 Å². The summed E-state index contributed by atoms with van der Waals surface area (Å²) in [5, 5.41) is 14.5. The van der Waals surface area contributed by atoms with Gasteiger partial charge in [-0.1, -0.05) is 56.6 Å². The van der Waals surface area contributed by atoms with Crippen LogP contribution in [-0.4, -0.2) is 54.2 Å². The van der Waals surface area contributed by atoms with Gasteiger partial charge in [-0.15, -0.1) is 5.10 Å². The van der Waals surface area contributed by atoms with Gasteiger partial charge in [-0.3, -0.25) is 14.4 Å². The van der Waals surface area contributed by atoms with Gasteiger partial charge in [0, 0.05) is 39.1 Å². The molecule has 1 aromatic heterocycles. The third-order valence-corrected chi connectivity index (χ3v) is 6.73. The van der Waals surface area contributed by atoms with Crippen LogP contribution in [0.4, 0.5) is 0 Å². The zero-order valence-electron chi connectivity index (χ0n) is 20.6. The van der Waals surface area contributed by atoms with Gasteiger partial charge in [0.2, 0.25) is 5.91 Å². The van der Waals surface area contributed by atoms with Crippen molar-refractivity contribution in [2.45, 2.75) is 44.9 Å². The minimum atomic E-state index is -0.683. The van der Waals surface area contributed by atoms with E-state index < -0.39 is 11.9 Å². The molecule has 0 spiro atoms. The molecule has 0 radical (unpaired) electrons. The minimum Gasteiger partial charge on any atom is -0.342 e. The van der Waals surface area contributed by atoms with Crippen molar-refractivity contribution in [3.05, 3.63) is 76.6 Å². The number of tetrazole rings is 1. The molecule has 1 atom stereocenters. The summed E-state index contributed by atoms with van der Waals surface area (Å²) in [6.45, 7) is 7.67. The Morgan fingerprint density at radius 3 is 2.47 bits per heavy atom. The van der Waals surface area contributed by atoms with Crippen LogP contribution < -0.4 is 5.32 Å². The van der Waals surface area contributed by atoms with Crippen LogP contribution >= 0.6 is 23.4 Å². The summed E-state index contributed by atoms with van der Waals surface area (Å²) in [5.74, 6) is -0.117. The van der Waals surface area contributed by atoms with Crippen LogP contribution in [0.25, 0.3) is 11.8 Å². The van der Waals surface area contributed by atoms with Crippen LogP contribution in [0.2, 0.25) is 5.02 Å². The van der Waals surface area contributed by atoms with Crippen molar-refractivity contribution in [1.82, 2.24) is 25.5 Å². The van der Waals surface area contributed by atoms with Crippen molar-refractivity contribution in [1.29, 1.82) is 0 Å². The first-order valence-corrected chi connectivity index (χ1v) is 12.7. The van der Waals surface area contributed by atoms with E-state index in [1.165, 1.54) is 24.0 Å². The number of carbonyl (C=O) groups excluding carboxylic acids is 3. The topological polar surface area (TPSA) is 107 Å². The Kier molecular flexibility index (Phi) is 9.17. The van der Waals surface area contributed by atoms with Crippen LogP contribution in [0.15, 0.2) is 54.9 Å². The van der Waals surface area contributed by atoms with Crippen molar-refractivity contribution in [2.24, 2.45) is 0 Å². The zero-order chi connectivity index (χ0) is 26.3. The molecule has 0 aliphatic rings. The third-order valence-electron chi connectivity index (χ3n) is 5.13. The van der Waals surface area contributed by atoms with Gasteiger partial charge >= 0.3 is 0 Å². The van der Waals surface area contributed by atoms with Gasteiger partial charge in [0.05, 0.1) is 11.7 Å². The number of benzene rings is 2. The molecule has 0 aliphatic heterocycles. The molecule has 0 bridgehead atoms. The predicted molar refractivity (Wildman–Crippen MR) is 142 cm³/mol. The Morgan fingerprint density at radius 1 is 1.14 bits per heavy atom. The molecule has 0 aliphatic carbocycles. The highest BCUT2D eigenvalue weighted by atomic mass is 35.5. The molecule has 188 valence electrons. The number of carbonyl (C=O) groups is 3. The molecule has 0 saturated carbocycles. The van der Waals surface area contributed by atoms with Gasteiger partial charge in [-0.25, -0.2) is 0 Å². The Labute approximate surface area is 219 Å². The van der Waals surface area contributed by atoms with E-state index in [2.05, 4.69) is 41.6 Å². The lowest BCUT2D eigenvalue weighted by atomic mass is 10.0. The largest absolute Gasteiger partial charge is 0.342 e. The van der Waals surface area contributed by atoms with E-state index in [0.29, 0.717) is 27.6 Å². The number of nitrogens with one attached hydrogen (secondary N) is 1. The lowest BCUT2D eigenvalue weighted by Gasteiger charge is -2.23. The second-order valence-corrected chi connectivity index (χ2v) is 11.5. The van der Waals surface area contributed by atoms with Gasteiger partial charge in [0.25, 0.3) is 0 Å². The average molecular weight is 526 g/mol. The Morgan fingerprint density at radius 2 is 1.86 bits per heavy atom. The highest BCUT2D eigenvalue weighted by molar-refractivity contribution is 8.00. The molecular formula is C26H28ClN5O3S. The average Bonchev–Trinajstić information content (AvgIpc) is 3.35. The number of rotatable bonds is 10. The molecular weight excluding hydrogens is 498 g/mol. The molecule has 1 heterocycles. The third kappa shape index (κ3) is 8.13. The molecule has 36 heavy (non-hydrogen) atoms. The number of ketones is 2. The normalized spacial score (nSPS) is 12.5. The second-order valence-electron chi connectivity index (χ2n) is 9.17. The summed E-state index contributed by atoms with van der Waals surface area (Å²) in [5.41, 5.74) is 2.66. The lowest BCUT2D eigenvalue weighted by molar-refractivity contribution is -0.124. The number of halogens is 1. The minimum absolute atomic E-state index is 0.0330. The van der Waals surface area contributed by atoms with Crippen molar-refractivity contribution < 1.29 is 14.4 Å². The summed E-state index contributed by atoms with van der Waals surface area (Å²) in [6.07, 6.45) is 4.57. The van der Waals surface area contributed by atoms with E-state index in [-0.39, 0.29) is 22.7 Å². The standard InChI is InChI=1S/C26H28ClN5O3S/c1-17(33)19-7-5-18(6-8-19)13-24(34)22(15-36-26(2,3)4)29-25(35)12-9-20-14-21(27)10-11-23(20)32-16-28-30-31-32/h5-12,14,16,22H,13,15H2,1-4H3,(H,29,35)/b12-9+/t22-/m0/s1. The number of hydrogen-bond donors (Lipinski definition) is 1. The van der Waals surface area contributed by atoms with Crippen molar-refractivity contribution in [3.8, 4) is 5.69 Å². The molecule has 8 nitrogen and oxygen atoms in total. The smallest absolute Gasteiger partial charge is 0.244 e. The van der Waals surface area contributed by atoms with Crippen LogP contribution in [0, 0.1) is 0 Å². The monoisotopic (exact) mass is 525 g/mol. The van der Waals surface area contributed by atoms with Crippen LogP contribution in [0.3, 0.4) is 0 Å². The Balaban J connectivity index is 1.75. The fraction of sp³-hybridized carbons (Fsp3) is 0.308.